The lowest BCUT2D eigenvalue weighted by molar-refractivity contribution is -0.113. The van der Waals surface area contributed by atoms with Gasteiger partial charge in [0.1, 0.15) is 5.03 Å². The molecule has 0 fully saturated rings. The van der Waals surface area contributed by atoms with Crippen LogP contribution in [0.2, 0.25) is 5.02 Å². The number of pyridine rings is 1. The fourth-order valence-electron chi connectivity index (χ4n) is 2.38. The number of nitrogens with one attached hydrogen (secondary N) is 1. The lowest BCUT2D eigenvalue weighted by Gasteiger charge is -2.08. The van der Waals surface area contributed by atoms with E-state index >= 15 is 0 Å². The number of amides is 1. The first-order chi connectivity index (χ1) is 11.5. The second-order valence-electron chi connectivity index (χ2n) is 5.65. The number of hydrogen-bond donors (Lipinski definition) is 1. The molecule has 0 aliphatic heterocycles. The molecular formula is C19H17ClN2OS. The molecule has 0 radical (unpaired) electrons. The summed E-state index contributed by atoms with van der Waals surface area (Å²) in [5, 5.41) is 5.51. The zero-order valence-corrected chi connectivity index (χ0v) is 15.0. The maximum absolute atomic E-state index is 12.1. The molecule has 1 N–H and O–H groups in total. The smallest absolute Gasteiger partial charge is 0.234 e. The third-order valence-electron chi connectivity index (χ3n) is 3.59. The first-order valence-electron chi connectivity index (χ1n) is 7.57. The molecule has 0 bridgehead atoms. The van der Waals surface area contributed by atoms with Crippen LogP contribution in [-0.2, 0) is 4.79 Å². The fraction of sp³-hybridized carbons (Fsp3) is 0.158. The molecule has 0 unspecified atom stereocenters. The van der Waals surface area contributed by atoms with Crippen molar-refractivity contribution < 1.29 is 4.79 Å². The minimum Gasteiger partial charge on any atom is -0.325 e. The molecule has 1 aromatic heterocycles. The Labute approximate surface area is 150 Å². The molecule has 3 nitrogen and oxygen atoms in total. The lowest BCUT2D eigenvalue weighted by Crippen LogP contribution is -2.14. The van der Waals surface area contributed by atoms with Crippen molar-refractivity contribution >= 4 is 45.9 Å². The Kier molecular flexibility index (Phi) is 5.07. The highest BCUT2D eigenvalue weighted by molar-refractivity contribution is 8.00. The predicted molar refractivity (Wildman–Crippen MR) is 102 cm³/mol. The third-order valence-corrected chi connectivity index (χ3v) is 4.93. The number of anilines is 1. The van der Waals surface area contributed by atoms with Crippen molar-refractivity contribution in [2.45, 2.75) is 18.9 Å². The molecule has 0 aliphatic carbocycles. The van der Waals surface area contributed by atoms with Gasteiger partial charge in [0, 0.05) is 16.1 Å². The molecule has 3 rings (SSSR count). The Hall–Kier alpha value is -2.04. The minimum atomic E-state index is -0.0622. The average Bonchev–Trinajstić information content (AvgIpc) is 2.55. The monoisotopic (exact) mass is 356 g/mol. The number of benzene rings is 2. The van der Waals surface area contributed by atoms with Gasteiger partial charge in [0.25, 0.3) is 0 Å². The van der Waals surface area contributed by atoms with Crippen LogP contribution in [0.15, 0.2) is 53.6 Å². The van der Waals surface area contributed by atoms with Crippen LogP contribution in [-0.4, -0.2) is 16.6 Å². The van der Waals surface area contributed by atoms with Gasteiger partial charge in [0.2, 0.25) is 5.91 Å². The molecule has 1 amide bonds. The molecule has 3 aromatic rings. The Morgan fingerprint density at radius 2 is 1.88 bits per heavy atom. The van der Waals surface area contributed by atoms with Gasteiger partial charge in [-0.3, -0.25) is 4.79 Å². The van der Waals surface area contributed by atoms with Gasteiger partial charge in [0.15, 0.2) is 0 Å². The summed E-state index contributed by atoms with van der Waals surface area (Å²) in [4.78, 5) is 16.8. The number of nitrogens with zero attached hydrogens (tertiary/aromatic N) is 1. The van der Waals surface area contributed by atoms with Gasteiger partial charge in [-0.05, 0) is 61.4 Å². The summed E-state index contributed by atoms with van der Waals surface area (Å²) < 4.78 is 0. The lowest BCUT2D eigenvalue weighted by atomic mass is 10.1. The number of thioether (sulfide) groups is 1. The highest BCUT2D eigenvalue weighted by Gasteiger charge is 2.08. The highest BCUT2D eigenvalue weighted by Crippen LogP contribution is 2.25. The SMILES string of the molecule is Cc1ccc2cc(C)c(SCC(=O)Nc3ccc(Cl)cc3)nc2c1. The van der Waals surface area contributed by atoms with E-state index in [-0.39, 0.29) is 5.91 Å². The zero-order chi connectivity index (χ0) is 17.1. The van der Waals surface area contributed by atoms with Gasteiger partial charge in [-0.2, -0.15) is 0 Å². The molecule has 0 atom stereocenters. The van der Waals surface area contributed by atoms with Crippen molar-refractivity contribution in [3.63, 3.8) is 0 Å². The quantitative estimate of drug-likeness (QED) is 0.650. The topological polar surface area (TPSA) is 42.0 Å². The van der Waals surface area contributed by atoms with Crippen molar-refractivity contribution in [1.82, 2.24) is 4.98 Å². The van der Waals surface area contributed by atoms with E-state index < -0.39 is 0 Å². The summed E-state index contributed by atoms with van der Waals surface area (Å²) in [6, 6.07) is 15.4. The summed E-state index contributed by atoms with van der Waals surface area (Å²) in [7, 11) is 0. The predicted octanol–water partition coefficient (Wildman–Crippen LogP) is 5.24. The van der Waals surface area contributed by atoms with E-state index in [1.807, 2.05) is 13.8 Å². The van der Waals surface area contributed by atoms with Crippen molar-refractivity contribution in [2.24, 2.45) is 0 Å². The van der Waals surface area contributed by atoms with Gasteiger partial charge in [-0.15, -0.1) is 0 Å². The standard InChI is InChI=1S/C19H17ClN2OS/c1-12-3-4-14-10-13(2)19(22-17(14)9-12)24-11-18(23)21-16-7-5-15(20)6-8-16/h3-10H,11H2,1-2H3,(H,21,23). The second kappa shape index (κ2) is 7.24. The second-order valence-corrected chi connectivity index (χ2v) is 7.05. The van der Waals surface area contributed by atoms with E-state index in [0.29, 0.717) is 10.8 Å². The van der Waals surface area contributed by atoms with Crippen LogP contribution in [0, 0.1) is 13.8 Å². The average molecular weight is 357 g/mol. The first kappa shape index (κ1) is 16.8. The number of carbonyl (C=O) groups excluding carboxylic acids is 1. The van der Waals surface area contributed by atoms with Crippen molar-refractivity contribution in [2.75, 3.05) is 11.1 Å². The van der Waals surface area contributed by atoms with Crippen molar-refractivity contribution in [1.29, 1.82) is 0 Å². The highest BCUT2D eigenvalue weighted by atomic mass is 35.5. The molecule has 2 aromatic carbocycles. The molecule has 0 aliphatic rings. The summed E-state index contributed by atoms with van der Waals surface area (Å²) in [5.74, 6) is 0.251. The zero-order valence-electron chi connectivity index (χ0n) is 13.5. The van der Waals surface area contributed by atoms with Crippen LogP contribution in [0.3, 0.4) is 0 Å². The van der Waals surface area contributed by atoms with Crippen molar-refractivity contribution in [3.8, 4) is 0 Å². The normalized spacial score (nSPS) is 10.8. The van der Waals surface area contributed by atoms with Gasteiger partial charge in [0.05, 0.1) is 11.3 Å². The minimum absolute atomic E-state index is 0.0622. The van der Waals surface area contributed by atoms with Gasteiger partial charge < -0.3 is 5.32 Å². The Balaban J connectivity index is 1.69. The number of fused-ring (bicyclic) bond motifs is 1. The Morgan fingerprint density at radius 1 is 1.12 bits per heavy atom. The van der Waals surface area contributed by atoms with Gasteiger partial charge in [-0.1, -0.05) is 35.5 Å². The molecular weight excluding hydrogens is 340 g/mol. The van der Waals surface area contributed by atoms with Gasteiger partial charge in [-0.25, -0.2) is 4.98 Å². The molecule has 122 valence electrons. The molecule has 24 heavy (non-hydrogen) atoms. The molecule has 0 saturated heterocycles. The van der Waals surface area contributed by atoms with Crippen molar-refractivity contribution in [3.05, 3.63) is 64.7 Å². The van der Waals surface area contributed by atoms with Crippen LogP contribution in [0.1, 0.15) is 11.1 Å². The number of halogens is 1. The number of hydrogen-bond acceptors (Lipinski definition) is 3. The molecule has 1 heterocycles. The van der Waals surface area contributed by atoms with Crippen LogP contribution in [0.5, 0.6) is 0 Å². The molecule has 0 saturated carbocycles. The van der Waals surface area contributed by atoms with Crippen LogP contribution < -0.4 is 5.32 Å². The van der Waals surface area contributed by atoms with Crippen LogP contribution in [0.4, 0.5) is 5.69 Å². The van der Waals surface area contributed by atoms with E-state index in [4.69, 9.17) is 16.6 Å². The van der Waals surface area contributed by atoms with Crippen LogP contribution in [0.25, 0.3) is 10.9 Å². The summed E-state index contributed by atoms with van der Waals surface area (Å²) in [5.41, 5.74) is 3.95. The fourth-order valence-corrected chi connectivity index (χ4v) is 3.29. The molecule has 0 spiro atoms. The maximum atomic E-state index is 12.1. The number of aryl methyl sites for hydroxylation is 2. The van der Waals surface area contributed by atoms with E-state index in [1.54, 1.807) is 24.3 Å². The number of rotatable bonds is 4. The number of aromatic nitrogens is 1. The van der Waals surface area contributed by atoms with E-state index in [0.717, 1.165) is 27.2 Å². The first-order valence-corrected chi connectivity index (χ1v) is 8.94. The van der Waals surface area contributed by atoms with E-state index in [9.17, 15) is 4.79 Å². The third kappa shape index (κ3) is 4.08. The largest absolute Gasteiger partial charge is 0.325 e. The summed E-state index contributed by atoms with van der Waals surface area (Å²) in [6.07, 6.45) is 0. The summed E-state index contributed by atoms with van der Waals surface area (Å²) in [6.45, 7) is 4.07. The van der Waals surface area contributed by atoms with Crippen LogP contribution >= 0.6 is 23.4 Å². The maximum Gasteiger partial charge on any atom is 0.234 e. The van der Waals surface area contributed by atoms with Gasteiger partial charge >= 0.3 is 0 Å². The summed E-state index contributed by atoms with van der Waals surface area (Å²) >= 11 is 7.29. The Morgan fingerprint density at radius 3 is 2.62 bits per heavy atom. The van der Waals surface area contributed by atoms with E-state index in [1.165, 1.54) is 17.3 Å². The molecule has 5 heteroatoms. The Bertz CT molecular complexity index is 894. The number of carbonyl (C=O) groups is 1. The van der Waals surface area contributed by atoms with E-state index in [2.05, 4.69) is 29.6 Å².